The monoisotopic (exact) mass is 179 g/mol. The summed E-state index contributed by atoms with van der Waals surface area (Å²) in [5, 5.41) is 4.29. The molecule has 3 rings (SSSR count). The molecule has 12 heavy (non-hydrogen) atoms. The molecule has 1 aromatic rings. The van der Waals surface area contributed by atoms with Crippen molar-refractivity contribution in [3.05, 3.63) is 28.8 Å². The molecule has 0 aromatic heterocycles. The van der Waals surface area contributed by atoms with E-state index in [0.29, 0.717) is 5.41 Å². The van der Waals surface area contributed by atoms with E-state index in [1.165, 1.54) is 24.1 Å². The molecule has 1 N–H and O–H groups in total. The molecule has 0 radical (unpaired) electrons. The largest absolute Gasteiger partial charge is 0.384 e. The molecule has 1 aliphatic carbocycles. The minimum atomic E-state index is 0.472. The van der Waals surface area contributed by atoms with Gasteiger partial charge in [-0.05, 0) is 36.6 Å². The predicted molar refractivity (Wildman–Crippen MR) is 50.9 cm³/mol. The van der Waals surface area contributed by atoms with E-state index in [9.17, 15) is 0 Å². The first kappa shape index (κ1) is 6.79. The molecule has 0 atom stereocenters. The first-order valence-electron chi connectivity index (χ1n) is 4.34. The molecular weight excluding hydrogens is 170 g/mol. The standard InChI is InChI=1S/C10H10ClN/c11-7-1-2-9-8(5-7)10(3-4-10)6-12-9/h1-2,5,12H,3-4,6H2. The van der Waals surface area contributed by atoms with Crippen molar-refractivity contribution in [1.82, 2.24) is 0 Å². The summed E-state index contributed by atoms with van der Waals surface area (Å²) in [6.07, 6.45) is 2.65. The van der Waals surface area contributed by atoms with Gasteiger partial charge in [0, 0.05) is 22.7 Å². The highest BCUT2D eigenvalue weighted by Gasteiger charge is 2.48. The van der Waals surface area contributed by atoms with Gasteiger partial charge in [-0.1, -0.05) is 11.6 Å². The maximum Gasteiger partial charge on any atom is 0.0410 e. The summed E-state index contributed by atoms with van der Waals surface area (Å²) in [5.41, 5.74) is 3.20. The second-order valence-corrected chi connectivity index (χ2v) is 4.26. The summed E-state index contributed by atoms with van der Waals surface area (Å²) in [6.45, 7) is 1.11. The zero-order valence-electron chi connectivity index (χ0n) is 6.73. The van der Waals surface area contributed by atoms with Crippen LogP contribution in [0.5, 0.6) is 0 Å². The van der Waals surface area contributed by atoms with Crippen LogP contribution < -0.4 is 5.32 Å². The molecule has 0 unspecified atom stereocenters. The molecule has 1 saturated carbocycles. The zero-order chi connectivity index (χ0) is 8.18. The fourth-order valence-electron chi connectivity index (χ4n) is 2.07. The average Bonchev–Trinajstić information content (AvgIpc) is 2.74. The van der Waals surface area contributed by atoms with Crippen LogP contribution >= 0.6 is 11.6 Å². The van der Waals surface area contributed by atoms with Crippen molar-refractivity contribution in [3.63, 3.8) is 0 Å². The number of halogens is 1. The number of hydrogen-bond acceptors (Lipinski definition) is 1. The van der Waals surface area contributed by atoms with Crippen LogP contribution in [0, 0.1) is 0 Å². The molecule has 1 spiro atoms. The lowest BCUT2D eigenvalue weighted by molar-refractivity contribution is 0.778. The topological polar surface area (TPSA) is 12.0 Å². The maximum absolute atomic E-state index is 5.95. The van der Waals surface area contributed by atoms with Crippen molar-refractivity contribution >= 4 is 17.3 Å². The van der Waals surface area contributed by atoms with Gasteiger partial charge in [-0.2, -0.15) is 0 Å². The van der Waals surface area contributed by atoms with Gasteiger partial charge in [-0.15, -0.1) is 0 Å². The van der Waals surface area contributed by atoms with Crippen molar-refractivity contribution < 1.29 is 0 Å². The summed E-state index contributed by atoms with van der Waals surface area (Å²) in [4.78, 5) is 0. The minimum absolute atomic E-state index is 0.472. The molecule has 0 amide bonds. The first-order valence-corrected chi connectivity index (χ1v) is 4.72. The Morgan fingerprint density at radius 2 is 2.17 bits per heavy atom. The highest BCUT2D eigenvalue weighted by atomic mass is 35.5. The highest BCUT2D eigenvalue weighted by molar-refractivity contribution is 6.30. The van der Waals surface area contributed by atoms with Gasteiger partial charge in [0.25, 0.3) is 0 Å². The van der Waals surface area contributed by atoms with Crippen LogP contribution in [0.15, 0.2) is 18.2 Å². The SMILES string of the molecule is Clc1ccc2c(c1)C1(CC1)CN2. The van der Waals surface area contributed by atoms with Crippen molar-refractivity contribution in [3.8, 4) is 0 Å². The third-order valence-electron chi connectivity index (χ3n) is 3.02. The van der Waals surface area contributed by atoms with Crippen LogP contribution in [0.4, 0.5) is 5.69 Å². The van der Waals surface area contributed by atoms with Crippen molar-refractivity contribution in [2.45, 2.75) is 18.3 Å². The lowest BCUT2D eigenvalue weighted by Crippen LogP contribution is -2.08. The Labute approximate surface area is 76.7 Å². The molecule has 1 heterocycles. The molecular formula is C10H10ClN. The van der Waals surface area contributed by atoms with Gasteiger partial charge in [-0.3, -0.25) is 0 Å². The maximum atomic E-state index is 5.95. The summed E-state index contributed by atoms with van der Waals surface area (Å²) in [6, 6.07) is 6.16. The van der Waals surface area contributed by atoms with E-state index in [1.54, 1.807) is 0 Å². The fourth-order valence-corrected chi connectivity index (χ4v) is 2.24. The van der Waals surface area contributed by atoms with Crippen LogP contribution in [0.2, 0.25) is 5.02 Å². The minimum Gasteiger partial charge on any atom is -0.384 e. The second-order valence-electron chi connectivity index (χ2n) is 3.82. The smallest absolute Gasteiger partial charge is 0.0410 e. The van der Waals surface area contributed by atoms with Crippen LogP contribution in [0.25, 0.3) is 0 Å². The molecule has 1 fully saturated rings. The number of fused-ring (bicyclic) bond motifs is 2. The molecule has 1 aliphatic heterocycles. The Balaban J connectivity index is 2.20. The lowest BCUT2D eigenvalue weighted by atomic mass is 9.99. The van der Waals surface area contributed by atoms with E-state index < -0.39 is 0 Å². The lowest BCUT2D eigenvalue weighted by Gasteiger charge is -2.04. The quantitative estimate of drug-likeness (QED) is 0.646. The Kier molecular flexibility index (Phi) is 1.11. The van der Waals surface area contributed by atoms with Gasteiger partial charge in [-0.25, -0.2) is 0 Å². The molecule has 0 bridgehead atoms. The van der Waals surface area contributed by atoms with Crippen molar-refractivity contribution in [1.29, 1.82) is 0 Å². The van der Waals surface area contributed by atoms with Gasteiger partial charge in [0.1, 0.15) is 0 Å². The van der Waals surface area contributed by atoms with Crippen LogP contribution in [-0.2, 0) is 5.41 Å². The van der Waals surface area contributed by atoms with Gasteiger partial charge < -0.3 is 5.32 Å². The fraction of sp³-hybridized carbons (Fsp3) is 0.400. The molecule has 2 heteroatoms. The molecule has 1 aromatic carbocycles. The number of rotatable bonds is 0. The zero-order valence-corrected chi connectivity index (χ0v) is 7.49. The van der Waals surface area contributed by atoms with Gasteiger partial charge in [0.05, 0.1) is 0 Å². The Morgan fingerprint density at radius 1 is 1.33 bits per heavy atom. The summed E-state index contributed by atoms with van der Waals surface area (Å²) >= 11 is 5.95. The third-order valence-corrected chi connectivity index (χ3v) is 3.26. The summed E-state index contributed by atoms with van der Waals surface area (Å²) in [5.74, 6) is 0. The van der Waals surface area contributed by atoms with E-state index in [-0.39, 0.29) is 0 Å². The van der Waals surface area contributed by atoms with Gasteiger partial charge >= 0.3 is 0 Å². The normalized spacial score (nSPS) is 22.1. The van der Waals surface area contributed by atoms with E-state index in [4.69, 9.17) is 11.6 Å². The van der Waals surface area contributed by atoms with Crippen LogP contribution in [0.1, 0.15) is 18.4 Å². The average molecular weight is 180 g/mol. The van der Waals surface area contributed by atoms with Crippen molar-refractivity contribution in [2.24, 2.45) is 0 Å². The summed E-state index contributed by atoms with van der Waals surface area (Å²) in [7, 11) is 0. The van der Waals surface area contributed by atoms with E-state index in [2.05, 4.69) is 17.4 Å². The Hall–Kier alpha value is -0.690. The molecule has 62 valence electrons. The van der Waals surface area contributed by atoms with Crippen LogP contribution in [-0.4, -0.2) is 6.54 Å². The number of benzene rings is 1. The molecule has 2 aliphatic rings. The third kappa shape index (κ3) is 0.748. The Bertz CT molecular complexity index is 342. The summed E-state index contributed by atoms with van der Waals surface area (Å²) < 4.78 is 0. The van der Waals surface area contributed by atoms with Crippen LogP contribution in [0.3, 0.4) is 0 Å². The van der Waals surface area contributed by atoms with E-state index >= 15 is 0 Å². The number of nitrogens with one attached hydrogen (secondary N) is 1. The predicted octanol–water partition coefficient (Wildman–Crippen LogP) is 2.80. The highest BCUT2D eigenvalue weighted by Crippen LogP contribution is 2.54. The second kappa shape index (κ2) is 1.97. The Morgan fingerprint density at radius 3 is 2.92 bits per heavy atom. The molecule has 1 nitrogen and oxygen atoms in total. The van der Waals surface area contributed by atoms with Gasteiger partial charge in [0.2, 0.25) is 0 Å². The van der Waals surface area contributed by atoms with Gasteiger partial charge in [0.15, 0.2) is 0 Å². The van der Waals surface area contributed by atoms with E-state index in [1.807, 2.05) is 6.07 Å². The first-order chi connectivity index (χ1) is 5.80. The van der Waals surface area contributed by atoms with Crippen molar-refractivity contribution in [2.75, 3.05) is 11.9 Å². The van der Waals surface area contributed by atoms with E-state index in [0.717, 1.165) is 11.6 Å². The number of anilines is 1. The molecule has 0 saturated heterocycles. The number of hydrogen-bond donors (Lipinski definition) is 1.